The normalized spacial score (nSPS) is 15.6. The highest BCUT2D eigenvalue weighted by Crippen LogP contribution is 2.31. The highest BCUT2D eigenvalue weighted by molar-refractivity contribution is 5.74. The number of hydrogen-bond acceptors (Lipinski definition) is 4. The van der Waals surface area contributed by atoms with Crippen molar-refractivity contribution in [3.8, 4) is 6.07 Å². The predicted octanol–water partition coefficient (Wildman–Crippen LogP) is 8.54. The average molecular weight is 518 g/mol. The molecule has 0 saturated heterocycles. The van der Waals surface area contributed by atoms with Crippen LogP contribution in [0.15, 0.2) is 63.9 Å². The molecular weight excluding hydrogens is 470 g/mol. The first kappa shape index (κ1) is 32.8. The second-order valence-corrected chi connectivity index (χ2v) is 9.75. The van der Waals surface area contributed by atoms with Crippen LogP contribution in [0.25, 0.3) is 6.08 Å². The zero-order valence-electron chi connectivity index (χ0n) is 24.5. The SMILES string of the molecule is C/C=C(C(\C)=C/C(=C(\C)CC)C(O)CCC)/C(=C/c1cnc(NC=O)cc1C)C(/C#N)=C/CCC.C1CC1. The Hall–Kier alpha value is -3.23. The van der Waals surface area contributed by atoms with Crippen LogP contribution in [0.2, 0.25) is 0 Å². The zero-order chi connectivity index (χ0) is 28.5. The number of carbonyl (C=O) groups excluding carboxylic acids is 1. The van der Waals surface area contributed by atoms with Crippen LogP contribution >= 0.6 is 0 Å². The smallest absolute Gasteiger partial charge is 0.212 e. The van der Waals surface area contributed by atoms with Crippen LogP contribution in [-0.2, 0) is 4.79 Å². The molecule has 1 heterocycles. The van der Waals surface area contributed by atoms with Crippen molar-refractivity contribution in [3.05, 3.63) is 75.1 Å². The van der Waals surface area contributed by atoms with E-state index >= 15 is 0 Å². The molecule has 1 aromatic rings. The van der Waals surface area contributed by atoms with Gasteiger partial charge in [0.05, 0.1) is 17.7 Å². The van der Waals surface area contributed by atoms with Crippen molar-refractivity contribution in [3.63, 3.8) is 0 Å². The highest BCUT2D eigenvalue weighted by Gasteiger charge is 2.16. The van der Waals surface area contributed by atoms with Crippen molar-refractivity contribution >= 4 is 18.3 Å². The second-order valence-electron chi connectivity index (χ2n) is 9.75. The predicted molar refractivity (Wildman–Crippen MR) is 161 cm³/mol. The summed E-state index contributed by atoms with van der Waals surface area (Å²) in [4.78, 5) is 15.1. The first-order valence-electron chi connectivity index (χ1n) is 14.0. The van der Waals surface area contributed by atoms with E-state index in [2.05, 4.69) is 50.1 Å². The lowest BCUT2D eigenvalue weighted by Gasteiger charge is -2.18. The van der Waals surface area contributed by atoms with Gasteiger partial charge in [0.25, 0.3) is 0 Å². The molecule has 0 spiro atoms. The molecule has 5 nitrogen and oxygen atoms in total. The minimum Gasteiger partial charge on any atom is -0.388 e. The van der Waals surface area contributed by atoms with Gasteiger partial charge in [0.15, 0.2) is 0 Å². The highest BCUT2D eigenvalue weighted by atomic mass is 16.3. The number of unbranched alkanes of at least 4 members (excludes halogenated alkanes) is 1. The Balaban J connectivity index is 0.00000223. The lowest BCUT2D eigenvalue weighted by atomic mass is 9.88. The van der Waals surface area contributed by atoms with Crippen molar-refractivity contribution in [2.75, 3.05) is 5.32 Å². The number of allylic oxidation sites excluding steroid dienone is 7. The number of hydrogen-bond donors (Lipinski definition) is 2. The Morgan fingerprint density at radius 1 is 1.18 bits per heavy atom. The van der Waals surface area contributed by atoms with Crippen molar-refractivity contribution in [1.82, 2.24) is 4.98 Å². The quantitative estimate of drug-likeness (QED) is 0.156. The Bertz CT molecular complexity index is 1110. The topological polar surface area (TPSA) is 86.0 Å². The summed E-state index contributed by atoms with van der Waals surface area (Å²) in [6.07, 6.45) is 18.6. The van der Waals surface area contributed by atoms with E-state index in [1.807, 2.05) is 45.1 Å². The maximum absolute atomic E-state index is 10.8. The summed E-state index contributed by atoms with van der Waals surface area (Å²) in [5.74, 6) is 0.482. The van der Waals surface area contributed by atoms with E-state index in [1.165, 1.54) is 19.3 Å². The van der Waals surface area contributed by atoms with Gasteiger partial charge in [-0.25, -0.2) is 4.98 Å². The van der Waals surface area contributed by atoms with E-state index < -0.39 is 6.10 Å². The van der Waals surface area contributed by atoms with Gasteiger partial charge in [0, 0.05) is 6.20 Å². The van der Waals surface area contributed by atoms with Gasteiger partial charge in [0.2, 0.25) is 6.41 Å². The van der Waals surface area contributed by atoms with Gasteiger partial charge >= 0.3 is 0 Å². The molecule has 1 aliphatic carbocycles. The molecule has 1 saturated carbocycles. The summed E-state index contributed by atoms with van der Waals surface area (Å²) in [5, 5.41) is 23.5. The van der Waals surface area contributed by atoms with Gasteiger partial charge < -0.3 is 10.4 Å². The maximum atomic E-state index is 10.8. The second kappa shape index (κ2) is 18.1. The molecule has 38 heavy (non-hydrogen) atoms. The van der Waals surface area contributed by atoms with Crippen molar-refractivity contribution in [2.45, 2.75) is 106 Å². The van der Waals surface area contributed by atoms with Gasteiger partial charge in [-0.2, -0.15) is 5.26 Å². The molecule has 1 aliphatic rings. The third-order valence-corrected chi connectivity index (χ3v) is 6.38. The number of aliphatic hydroxyl groups excluding tert-OH is 1. The number of amides is 1. The largest absolute Gasteiger partial charge is 0.388 e. The number of nitriles is 1. The summed E-state index contributed by atoms with van der Waals surface area (Å²) in [5.41, 5.74) is 7.26. The summed E-state index contributed by atoms with van der Waals surface area (Å²) in [6.45, 7) is 14.3. The number of aryl methyl sites for hydroxylation is 1. The number of nitrogens with zero attached hydrogens (tertiary/aromatic N) is 2. The minimum absolute atomic E-state index is 0.482. The fourth-order valence-electron chi connectivity index (χ4n) is 3.86. The molecule has 0 bridgehead atoms. The van der Waals surface area contributed by atoms with E-state index in [1.54, 1.807) is 6.20 Å². The third-order valence-electron chi connectivity index (χ3n) is 6.38. The third kappa shape index (κ3) is 11.0. The molecule has 5 heteroatoms. The molecule has 1 atom stereocenters. The van der Waals surface area contributed by atoms with Gasteiger partial charge in [-0.05, 0) is 92.5 Å². The number of aliphatic hydroxyl groups is 1. The van der Waals surface area contributed by atoms with Crippen LogP contribution in [-0.4, -0.2) is 22.6 Å². The Labute approximate surface area is 230 Å². The monoisotopic (exact) mass is 517 g/mol. The summed E-state index contributed by atoms with van der Waals surface area (Å²) < 4.78 is 0. The summed E-state index contributed by atoms with van der Waals surface area (Å²) in [6, 6.07) is 4.20. The van der Waals surface area contributed by atoms with E-state index in [4.69, 9.17) is 0 Å². The van der Waals surface area contributed by atoms with Crippen molar-refractivity contribution in [2.24, 2.45) is 0 Å². The van der Waals surface area contributed by atoms with E-state index in [0.29, 0.717) is 24.2 Å². The van der Waals surface area contributed by atoms with Crippen molar-refractivity contribution in [1.29, 1.82) is 5.26 Å². The molecule has 1 fully saturated rings. The molecule has 2 N–H and O–H groups in total. The van der Waals surface area contributed by atoms with Gasteiger partial charge in [-0.1, -0.05) is 76.7 Å². The number of nitrogens with one attached hydrogen (secondary N) is 1. The minimum atomic E-state index is -0.518. The van der Waals surface area contributed by atoms with Crippen LogP contribution in [0.4, 0.5) is 5.82 Å². The van der Waals surface area contributed by atoms with E-state index in [-0.39, 0.29) is 0 Å². The van der Waals surface area contributed by atoms with Crippen LogP contribution in [0.3, 0.4) is 0 Å². The Morgan fingerprint density at radius 3 is 2.34 bits per heavy atom. The Kier molecular flexibility index (Phi) is 15.6. The zero-order valence-corrected chi connectivity index (χ0v) is 24.5. The lowest BCUT2D eigenvalue weighted by molar-refractivity contribution is -0.105. The molecule has 0 aliphatic heterocycles. The van der Waals surface area contributed by atoms with Crippen LogP contribution in [0, 0.1) is 18.3 Å². The first-order chi connectivity index (χ1) is 18.3. The summed E-state index contributed by atoms with van der Waals surface area (Å²) in [7, 11) is 0. The Morgan fingerprint density at radius 2 is 1.87 bits per heavy atom. The lowest BCUT2D eigenvalue weighted by Crippen LogP contribution is -2.11. The molecule has 2 rings (SSSR count). The fourth-order valence-corrected chi connectivity index (χ4v) is 3.86. The maximum Gasteiger partial charge on any atom is 0.212 e. The first-order valence-corrected chi connectivity index (χ1v) is 14.0. The van der Waals surface area contributed by atoms with Crippen LogP contribution in [0.5, 0.6) is 0 Å². The molecular formula is C33H47N3O2. The number of carbonyl (C=O) groups is 1. The van der Waals surface area contributed by atoms with Gasteiger partial charge in [-0.15, -0.1) is 0 Å². The number of anilines is 1. The molecule has 0 radical (unpaired) electrons. The molecule has 206 valence electrons. The van der Waals surface area contributed by atoms with Crippen molar-refractivity contribution < 1.29 is 9.90 Å². The fraction of sp³-hybridized carbons (Fsp3) is 0.485. The molecule has 1 aromatic heterocycles. The standard InChI is InChI=1S/C30H41N3O2.C3H6/c1-8-12-14-24(18-31)28(17-25-19-32-30(33-20-34)16-22(25)6)26(11-4)23(7)15-27(21(5)10-3)29(35)13-9-2;1-2-3-1/h11,14-17,19-20,29,35H,8-10,12-13H2,1-7H3,(H,32,33,34);1-3H2/b23-15-,24-14+,26-11+,27-21-,28-17+;. The summed E-state index contributed by atoms with van der Waals surface area (Å²) >= 11 is 0. The molecule has 1 amide bonds. The van der Waals surface area contributed by atoms with E-state index in [9.17, 15) is 15.2 Å². The molecule has 1 unspecified atom stereocenters. The average Bonchev–Trinajstić information content (AvgIpc) is 3.79. The van der Waals surface area contributed by atoms with Crippen LogP contribution in [0.1, 0.15) is 104 Å². The number of aromatic nitrogens is 1. The number of pyridine rings is 1. The van der Waals surface area contributed by atoms with Gasteiger partial charge in [0.1, 0.15) is 5.82 Å². The molecule has 0 aromatic carbocycles. The van der Waals surface area contributed by atoms with Crippen LogP contribution < -0.4 is 5.32 Å². The number of rotatable bonds is 13. The van der Waals surface area contributed by atoms with Gasteiger partial charge in [-0.3, -0.25) is 4.79 Å². The van der Waals surface area contributed by atoms with E-state index in [0.717, 1.165) is 64.7 Å².